The van der Waals surface area contributed by atoms with Crippen molar-refractivity contribution >= 4 is 6.09 Å². The number of nitrogens with one attached hydrogen (secondary N) is 1. The Morgan fingerprint density at radius 2 is 1.45 bits per heavy atom. The number of halogens is 4. The number of carbonyl (C=O) groups excluding carboxylic acids is 1. The third-order valence-corrected chi connectivity index (χ3v) is 4.99. The highest BCUT2D eigenvalue weighted by atomic mass is 19.2. The molecular weight excluding hydrogens is 410 g/mol. The topological polar surface area (TPSA) is 38.3 Å². The normalized spacial score (nSPS) is 11.9. The summed E-state index contributed by atoms with van der Waals surface area (Å²) >= 11 is 0. The van der Waals surface area contributed by atoms with Crippen LogP contribution in [-0.4, -0.2) is 19.2 Å². The van der Waals surface area contributed by atoms with Crippen molar-refractivity contribution in [2.24, 2.45) is 0 Å². The first-order valence-electron chi connectivity index (χ1n) is 9.38. The van der Waals surface area contributed by atoms with E-state index >= 15 is 0 Å². The molecule has 0 unspecified atom stereocenters. The molecule has 1 aliphatic rings. The zero-order chi connectivity index (χ0) is 22.0. The standard InChI is InChI=1S/C24H15F4NO2/c25-20-12-21(26)23(28)18(22(20)27)10-5-11-29-24(30)31-13-19-16-8-3-1-6-14(16)15-7-2-4-9-17(15)19/h1-4,6-9,12,19H,11,13H2,(H,29,30). The Labute approximate surface area is 175 Å². The van der Waals surface area contributed by atoms with Gasteiger partial charge in [-0.1, -0.05) is 60.4 Å². The van der Waals surface area contributed by atoms with Crippen molar-refractivity contribution in [3.8, 4) is 23.0 Å². The van der Waals surface area contributed by atoms with Gasteiger partial charge in [-0.2, -0.15) is 0 Å². The van der Waals surface area contributed by atoms with Crippen molar-refractivity contribution in [1.82, 2.24) is 5.32 Å². The summed E-state index contributed by atoms with van der Waals surface area (Å²) in [5, 5.41) is 2.33. The fourth-order valence-corrected chi connectivity index (χ4v) is 3.58. The molecule has 4 rings (SSSR count). The highest BCUT2D eigenvalue weighted by Crippen LogP contribution is 2.44. The van der Waals surface area contributed by atoms with Crippen LogP contribution in [0.5, 0.6) is 0 Å². The van der Waals surface area contributed by atoms with Crippen LogP contribution in [0.1, 0.15) is 22.6 Å². The number of hydrogen-bond donors (Lipinski definition) is 1. The van der Waals surface area contributed by atoms with Gasteiger partial charge in [0.1, 0.15) is 12.2 Å². The first-order chi connectivity index (χ1) is 15.0. The number of alkyl carbamates (subject to hydrolysis) is 1. The number of amides is 1. The molecule has 0 bridgehead atoms. The number of benzene rings is 3. The van der Waals surface area contributed by atoms with Gasteiger partial charge in [-0.25, -0.2) is 22.4 Å². The van der Waals surface area contributed by atoms with Crippen LogP contribution in [0.3, 0.4) is 0 Å². The van der Waals surface area contributed by atoms with Crippen LogP contribution >= 0.6 is 0 Å². The van der Waals surface area contributed by atoms with Gasteiger partial charge in [0.2, 0.25) is 0 Å². The minimum absolute atomic E-state index is 0.0889. The van der Waals surface area contributed by atoms with Gasteiger partial charge in [-0.3, -0.25) is 0 Å². The molecule has 156 valence electrons. The zero-order valence-electron chi connectivity index (χ0n) is 16.0. The van der Waals surface area contributed by atoms with Gasteiger partial charge in [-0.05, 0) is 22.3 Å². The number of rotatable bonds is 3. The molecule has 0 spiro atoms. The van der Waals surface area contributed by atoms with E-state index in [1.807, 2.05) is 54.5 Å². The van der Waals surface area contributed by atoms with Crippen molar-refractivity contribution in [2.75, 3.05) is 13.2 Å². The summed E-state index contributed by atoms with van der Waals surface area (Å²) in [7, 11) is 0. The smallest absolute Gasteiger partial charge is 0.407 e. The van der Waals surface area contributed by atoms with Crippen LogP contribution in [0.15, 0.2) is 54.6 Å². The lowest BCUT2D eigenvalue weighted by atomic mass is 9.98. The average molecular weight is 425 g/mol. The van der Waals surface area contributed by atoms with E-state index in [2.05, 4.69) is 11.2 Å². The molecule has 0 aliphatic heterocycles. The molecule has 1 amide bonds. The first kappa shape index (κ1) is 20.5. The molecule has 3 nitrogen and oxygen atoms in total. The second-order valence-electron chi connectivity index (χ2n) is 6.82. The molecule has 7 heteroatoms. The van der Waals surface area contributed by atoms with E-state index in [4.69, 9.17) is 4.74 Å². The van der Waals surface area contributed by atoms with Gasteiger partial charge in [0.25, 0.3) is 0 Å². The molecule has 1 N–H and O–H groups in total. The summed E-state index contributed by atoms with van der Waals surface area (Å²) in [5.74, 6) is -2.16. The second-order valence-corrected chi connectivity index (χ2v) is 6.82. The van der Waals surface area contributed by atoms with E-state index in [0.29, 0.717) is 0 Å². The van der Waals surface area contributed by atoms with Gasteiger partial charge < -0.3 is 10.1 Å². The Bertz CT molecular complexity index is 1160. The lowest BCUT2D eigenvalue weighted by Crippen LogP contribution is -2.26. The Morgan fingerprint density at radius 3 is 2.03 bits per heavy atom. The number of fused-ring (bicyclic) bond motifs is 3. The van der Waals surface area contributed by atoms with E-state index in [-0.39, 0.29) is 25.1 Å². The average Bonchev–Trinajstić information content (AvgIpc) is 3.09. The third-order valence-electron chi connectivity index (χ3n) is 4.99. The third kappa shape index (κ3) is 3.97. The monoisotopic (exact) mass is 425 g/mol. The van der Waals surface area contributed by atoms with E-state index in [9.17, 15) is 22.4 Å². The number of carbonyl (C=O) groups is 1. The van der Waals surface area contributed by atoms with Crippen molar-refractivity contribution in [1.29, 1.82) is 0 Å². The quantitative estimate of drug-likeness (QED) is 0.359. The number of hydrogen-bond acceptors (Lipinski definition) is 2. The Balaban J connectivity index is 1.38. The number of ether oxygens (including phenoxy) is 1. The van der Waals surface area contributed by atoms with Gasteiger partial charge >= 0.3 is 6.09 Å². The molecule has 0 atom stereocenters. The lowest BCUT2D eigenvalue weighted by molar-refractivity contribution is 0.144. The van der Waals surface area contributed by atoms with Crippen molar-refractivity contribution in [2.45, 2.75) is 5.92 Å². The van der Waals surface area contributed by atoms with Crippen molar-refractivity contribution in [3.05, 3.63) is 94.6 Å². The molecule has 1 aliphatic carbocycles. The van der Waals surface area contributed by atoms with Crippen molar-refractivity contribution < 1.29 is 27.1 Å². The summed E-state index contributed by atoms with van der Waals surface area (Å²) in [6, 6.07) is 15.8. The van der Waals surface area contributed by atoms with Gasteiger partial charge in [0.05, 0.1) is 6.54 Å². The second kappa shape index (κ2) is 8.52. The Morgan fingerprint density at radius 1 is 0.903 bits per heavy atom. The summed E-state index contributed by atoms with van der Waals surface area (Å²) in [6.45, 7) is -0.237. The van der Waals surface area contributed by atoms with E-state index in [0.717, 1.165) is 22.3 Å². The van der Waals surface area contributed by atoms with Gasteiger partial charge in [0.15, 0.2) is 23.3 Å². The summed E-state index contributed by atoms with van der Waals surface area (Å²) < 4.78 is 58.8. The summed E-state index contributed by atoms with van der Waals surface area (Å²) in [6.07, 6.45) is -0.775. The fourth-order valence-electron chi connectivity index (χ4n) is 3.58. The maximum atomic E-state index is 13.6. The molecule has 0 aromatic heterocycles. The molecule has 0 saturated heterocycles. The summed E-state index contributed by atoms with van der Waals surface area (Å²) in [5.41, 5.74) is 3.24. The van der Waals surface area contributed by atoms with E-state index in [1.165, 1.54) is 0 Å². The Kier molecular flexibility index (Phi) is 5.63. The van der Waals surface area contributed by atoms with Crippen LogP contribution in [0.2, 0.25) is 0 Å². The molecule has 0 fully saturated rings. The SMILES string of the molecule is O=C(NCC#Cc1c(F)c(F)cc(F)c1F)OCC1c2ccccc2-c2ccccc21. The molecule has 3 aromatic carbocycles. The molecule has 0 radical (unpaired) electrons. The lowest BCUT2D eigenvalue weighted by Gasteiger charge is -2.14. The largest absolute Gasteiger partial charge is 0.449 e. The highest BCUT2D eigenvalue weighted by molar-refractivity contribution is 5.79. The minimum atomic E-state index is -1.59. The molecule has 0 heterocycles. The van der Waals surface area contributed by atoms with E-state index < -0.39 is 34.9 Å². The first-order valence-corrected chi connectivity index (χ1v) is 9.38. The van der Waals surface area contributed by atoms with Gasteiger partial charge in [-0.15, -0.1) is 0 Å². The van der Waals surface area contributed by atoms with Crippen LogP contribution in [0, 0.1) is 35.1 Å². The van der Waals surface area contributed by atoms with E-state index in [1.54, 1.807) is 0 Å². The maximum Gasteiger partial charge on any atom is 0.407 e. The zero-order valence-corrected chi connectivity index (χ0v) is 16.0. The molecule has 31 heavy (non-hydrogen) atoms. The fraction of sp³-hybridized carbons (Fsp3) is 0.125. The van der Waals surface area contributed by atoms with Gasteiger partial charge in [0, 0.05) is 12.0 Å². The minimum Gasteiger partial charge on any atom is -0.449 e. The molecule has 0 saturated carbocycles. The molecule has 3 aromatic rings. The van der Waals surface area contributed by atoms with Crippen LogP contribution in [0.4, 0.5) is 22.4 Å². The van der Waals surface area contributed by atoms with Crippen LogP contribution < -0.4 is 5.32 Å². The predicted octanol–water partition coefficient (Wildman–Crippen LogP) is 5.13. The Hall–Kier alpha value is -3.79. The van der Waals surface area contributed by atoms with Crippen molar-refractivity contribution in [3.63, 3.8) is 0 Å². The summed E-state index contributed by atoms with van der Waals surface area (Å²) in [4.78, 5) is 12.0. The predicted molar refractivity (Wildman–Crippen MR) is 106 cm³/mol. The van der Waals surface area contributed by atoms with Crippen LogP contribution in [0.25, 0.3) is 11.1 Å². The molecular formula is C24H15F4NO2. The highest BCUT2D eigenvalue weighted by Gasteiger charge is 2.28. The maximum absolute atomic E-state index is 13.6. The van der Waals surface area contributed by atoms with Crippen LogP contribution in [-0.2, 0) is 4.74 Å².